The van der Waals surface area contributed by atoms with E-state index in [9.17, 15) is 4.79 Å². The molecule has 1 rings (SSSR count). The maximum Gasteiger partial charge on any atom is 0.238 e. The van der Waals surface area contributed by atoms with E-state index >= 15 is 0 Å². The fraction of sp³-hybridized carbons (Fsp3) is 0.364. The van der Waals surface area contributed by atoms with Gasteiger partial charge in [-0.1, -0.05) is 12.1 Å². The molecule has 5 heteroatoms. The number of amides is 1. The molecule has 88 valence electrons. The summed E-state index contributed by atoms with van der Waals surface area (Å²) in [4.78, 5) is 11.0. The predicted octanol–water partition coefficient (Wildman–Crippen LogP) is 0.244. The summed E-state index contributed by atoms with van der Waals surface area (Å²) in [5.74, 6) is 5.54. The van der Waals surface area contributed by atoms with Gasteiger partial charge in [0.15, 0.2) is 0 Å². The van der Waals surface area contributed by atoms with Crippen LogP contribution in [0.25, 0.3) is 0 Å². The second-order valence-corrected chi connectivity index (χ2v) is 3.23. The second-order valence-electron chi connectivity index (χ2n) is 3.23. The number of rotatable bonds is 6. The maximum atomic E-state index is 11.0. The highest BCUT2D eigenvalue weighted by Gasteiger charge is 2.01. The lowest BCUT2D eigenvalue weighted by Gasteiger charge is -2.06. The number of ether oxygens (including phenoxy) is 2. The highest BCUT2D eigenvalue weighted by Crippen LogP contribution is 2.12. The van der Waals surface area contributed by atoms with Crippen molar-refractivity contribution in [2.75, 3.05) is 20.3 Å². The van der Waals surface area contributed by atoms with Gasteiger partial charge in [0, 0.05) is 7.11 Å². The largest absolute Gasteiger partial charge is 0.491 e. The number of methoxy groups -OCH3 is 1. The van der Waals surface area contributed by atoms with E-state index < -0.39 is 0 Å². The summed E-state index contributed by atoms with van der Waals surface area (Å²) in [5, 5.41) is 0. The van der Waals surface area contributed by atoms with Crippen molar-refractivity contribution in [2.24, 2.45) is 5.84 Å². The lowest BCUT2D eigenvalue weighted by atomic mass is 10.1. The van der Waals surface area contributed by atoms with E-state index in [-0.39, 0.29) is 12.3 Å². The molecule has 0 aliphatic carbocycles. The Balaban J connectivity index is 2.44. The maximum absolute atomic E-state index is 11.0. The van der Waals surface area contributed by atoms with Crippen LogP contribution in [0, 0.1) is 0 Å². The third-order valence-electron chi connectivity index (χ3n) is 2.01. The van der Waals surface area contributed by atoms with Crippen molar-refractivity contribution in [3.05, 3.63) is 29.8 Å². The van der Waals surface area contributed by atoms with Crippen molar-refractivity contribution in [2.45, 2.75) is 6.42 Å². The van der Waals surface area contributed by atoms with Crippen molar-refractivity contribution in [3.63, 3.8) is 0 Å². The van der Waals surface area contributed by atoms with Crippen molar-refractivity contribution >= 4 is 5.91 Å². The minimum atomic E-state index is -0.215. The quantitative estimate of drug-likeness (QED) is 0.314. The fourth-order valence-electron chi connectivity index (χ4n) is 1.18. The molecule has 0 aliphatic heterocycles. The number of carbonyl (C=O) groups is 1. The minimum Gasteiger partial charge on any atom is -0.491 e. The van der Waals surface area contributed by atoms with Gasteiger partial charge in [0.2, 0.25) is 5.91 Å². The Bertz CT molecular complexity index is 325. The van der Waals surface area contributed by atoms with Crippen LogP contribution < -0.4 is 16.0 Å². The molecular formula is C11H16N2O3. The lowest BCUT2D eigenvalue weighted by molar-refractivity contribution is -0.120. The Morgan fingerprint density at radius 1 is 1.31 bits per heavy atom. The van der Waals surface area contributed by atoms with Crippen LogP contribution in [0.1, 0.15) is 5.56 Å². The van der Waals surface area contributed by atoms with E-state index in [0.29, 0.717) is 13.2 Å². The normalized spacial score (nSPS) is 9.88. The first-order chi connectivity index (χ1) is 7.76. The summed E-state index contributed by atoms with van der Waals surface area (Å²) in [6.07, 6.45) is 0.273. The van der Waals surface area contributed by atoms with Crippen LogP contribution in [-0.2, 0) is 16.0 Å². The van der Waals surface area contributed by atoms with Crippen LogP contribution in [0.2, 0.25) is 0 Å². The third-order valence-corrected chi connectivity index (χ3v) is 2.01. The molecule has 0 heterocycles. The molecule has 0 aromatic heterocycles. The summed E-state index contributed by atoms with van der Waals surface area (Å²) in [5.41, 5.74) is 2.97. The topological polar surface area (TPSA) is 73.6 Å². The molecule has 16 heavy (non-hydrogen) atoms. The number of carbonyl (C=O) groups excluding carboxylic acids is 1. The predicted molar refractivity (Wildman–Crippen MR) is 59.8 cm³/mol. The van der Waals surface area contributed by atoms with E-state index in [2.05, 4.69) is 5.43 Å². The van der Waals surface area contributed by atoms with Gasteiger partial charge in [0.25, 0.3) is 0 Å². The summed E-state index contributed by atoms with van der Waals surface area (Å²) >= 11 is 0. The van der Waals surface area contributed by atoms with Crippen LogP contribution in [-0.4, -0.2) is 26.2 Å². The molecule has 1 aromatic carbocycles. The SMILES string of the molecule is COCCOc1ccc(CC(=O)NN)cc1. The molecule has 0 fully saturated rings. The van der Waals surface area contributed by atoms with E-state index in [4.69, 9.17) is 15.3 Å². The van der Waals surface area contributed by atoms with Crippen LogP contribution >= 0.6 is 0 Å². The van der Waals surface area contributed by atoms with Crippen LogP contribution in [0.4, 0.5) is 0 Å². The van der Waals surface area contributed by atoms with Crippen molar-refractivity contribution in [1.29, 1.82) is 0 Å². The molecule has 0 saturated heterocycles. The number of hydrazine groups is 1. The van der Waals surface area contributed by atoms with E-state index in [1.54, 1.807) is 7.11 Å². The second kappa shape index (κ2) is 6.81. The first kappa shape index (κ1) is 12.5. The molecule has 0 saturated carbocycles. The summed E-state index contributed by atoms with van der Waals surface area (Å²) in [7, 11) is 1.62. The average molecular weight is 224 g/mol. The van der Waals surface area contributed by atoms with Gasteiger partial charge in [-0.05, 0) is 17.7 Å². The molecule has 0 atom stereocenters. The van der Waals surface area contributed by atoms with Gasteiger partial charge in [-0.25, -0.2) is 5.84 Å². The lowest BCUT2D eigenvalue weighted by Crippen LogP contribution is -2.31. The monoisotopic (exact) mass is 224 g/mol. The highest BCUT2D eigenvalue weighted by atomic mass is 16.5. The van der Waals surface area contributed by atoms with E-state index in [1.165, 1.54) is 0 Å². The minimum absolute atomic E-state index is 0.215. The Morgan fingerprint density at radius 2 is 2.00 bits per heavy atom. The molecule has 3 N–H and O–H groups in total. The molecule has 0 radical (unpaired) electrons. The smallest absolute Gasteiger partial charge is 0.238 e. The number of nitrogens with two attached hydrogens (primary N) is 1. The molecule has 0 spiro atoms. The van der Waals surface area contributed by atoms with Crippen molar-refractivity contribution < 1.29 is 14.3 Å². The molecule has 1 amide bonds. The number of hydrogen-bond acceptors (Lipinski definition) is 4. The average Bonchev–Trinajstić information content (AvgIpc) is 2.31. The van der Waals surface area contributed by atoms with Crippen molar-refractivity contribution in [3.8, 4) is 5.75 Å². The standard InChI is InChI=1S/C11H16N2O3/c1-15-6-7-16-10-4-2-9(3-5-10)8-11(14)13-12/h2-5H,6-8,12H2,1H3,(H,13,14). The van der Waals surface area contributed by atoms with Gasteiger partial charge < -0.3 is 9.47 Å². The Labute approximate surface area is 94.5 Å². The first-order valence-corrected chi connectivity index (χ1v) is 4.96. The third kappa shape index (κ3) is 4.29. The van der Waals surface area contributed by atoms with E-state index in [0.717, 1.165) is 11.3 Å². The molecule has 0 bridgehead atoms. The molecule has 5 nitrogen and oxygen atoms in total. The van der Waals surface area contributed by atoms with Gasteiger partial charge in [-0.3, -0.25) is 10.2 Å². The number of hydrogen-bond donors (Lipinski definition) is 2. The van der Waals surface area contributed by atoms with Crippen LogP contribution in [0.15, 0.2) is 24.3 Å². The van der Waals surface area contributed by atoms with Crippen molar-refractivity contribution in [1.82, 2.24) is 5.43 Å². The zero-order chi connectivity index (χ0) is 11.8. The Hall–Kier alpha value is -1.59. The first-order valence-electron chi connectivity index (χ1n) is 4.96. The molecule has 0 unspecified atom stereocenters. The van der Waals surface area contributed by atoms with Gasteiger partial charge >= 0.3 is 0 Å². The Morgan fingerprint density at radius 3 is 2.56 bits per heavy atom. The zero-order valence-electron chi connectivity index (χ0n) is 9.23. The fourth-order valence-corrected chi connectivity index (χ4v) is 1.18. The summed E-state index contributed by atoms with van der Waals surface area (Å²) < 4.78 is 10.2. The highest BCUT2D eigenvalue weighted by molar-refractivity contribution is 5.77. The molecular weight excluding hydrogens is 208 g/mol. The van der Waals surface area contributed by atoms with Crippen LogP contribution in [0.3, 0.4) is 0 Å². The van der Waals surface area contributed by atoms with Gasteiger partial charge in [0.05, 0.1) is 13.0 Å². The summed E-state index contributed by atoms with van der Waals surface area (Å²) in [6, 6.07) is 7.29. The number of nitrogens with one attached hydrogen (secondary N) is 1. The van der Waals surface area contributed by atoms with Gasteiger partial charge in [-0.2, -0.15) is 0 Å². The summed E-state index contributed by atoms with van der Waals surface area (Å²) in [6.45, 7) is 1.07. The van der Waals surface area contributed by atoms with Gasteiger partial charge in [-0.15, -0.1) is 0 Å². The van der Waals surface area contributed by atoms with Crippen LogP contribution in [0.5, 0.6) is 5.75 Å². The Kier molecular flexibility index (Phi) is 5.31. The van der Waals surface area contributed by atoms with E-state index in [1.807, 2.05) is 24.3 Å². The molecule has 0 aliphatic rings. The molecule has 1 aromatic rings. The number of benzene rings is 1. The van der Waals surface area contributed by atoms with Gasteiger partial charge in [0.1, 0.15) is 12.4 Å². The zero-order valence-corrected chi connectivity index (χ0v) is 9.23.